The lowest BCUT2D eigenvalue weighted by Gasteiger charge is -2.07. The molecule has 3 nitrogen and oxygen atoms in total. The number of nitrogens with zero attached hydrogens (tertiary/aromatic N) is 2. The molecule has 2 rings (SSSR count). The molecule has 0 radical (unpaired) electrons. The van der Waals surface area contributed by atoms with Crippen LogP contribution >= 0.6 is 0 Å². The van der Waals surface area contributed by atoms with E-state index in [1.807, 2.05) is 0 Å². The first-order valence-electron chi connectivity index (χ1n) is 6.47. The molecule has 8 heteroatoms. The Morgan fingerprint density at radius 3 is 2.32 bits per heavy atom. The van der Waals surface area contributed by atoms with Gasteiger partial charge < -0.3 is 9.88 Å². The molecular weight excluding hydrogens is 305 g/mol. The van der Waals surface area contributed by atoms with E-state index in [9.17, 15) is 22.0 Å². The quantitative estimate of drug-likeness (QED) is 0.854. The maximum absolute atomic E-state index is 12.7. The molecule has 120 valence electrons. The molecule has 1 aromatic heterocycles. The highest BCUT2D eigenvalue weighted by Gasteiger charge is 2.35. The summed E-state index contributed by atoms with van der Waals surface area (Å²) in [6.45, 7) is -0.240. The van der Waals surface area contributed by atoms with Crippen molar-refractivity contribution in [1.29, 1.82) is 0 Å². The van der Waals surface area contributed by atoms with E-state index in [-0.39, 0.29) is 5.82 Å². The van der Waals surface area contributed by atoms with Crippen molar-refractivity contribution in [3.05, 3.63) is 41.7 Å². The molecule has 0 aliphatic rings. The van der Waals surface area contributed by atoms with Gasteiger partial charge >= 0.3 is 6.18 Å². The summed E-state index contributed by atoms with van der Waals surface area (Å²) >= 11 is 0. The summed E-state index contributed by atoms with van der Waals surface area (Å²) in [6.07, 6.45) is -6.82. The van der Waals surface area contributed by atoms with Gasteiger partial charge in [0.2, 0.25) is 0 Å². The number of nitrogens with one attached hydrogen (secondary N) is 1. The molecule has 1 N–H and O–H groups in total. The summed E-state index contributed by atoms with van der Waals surface area (Å²) in [6, 6.07) is 6.55. The van der Waals surface area contributed by atoms with Crippen molar-refractivity contribution in [3.63, 3.8) is 0 Å². The maximum atomic E-state index is 12.7. The lowest BCUT2D eigenvalue weighted by atomic mass is 10.1. The van der Waals surface area contributed by atoms with Gasteiger partial charge in [-0.15, -0.1) is 0 Å². The van der Waals surface area contributed by atoms with Gasteiger partial charge in [0.15, 0.2) is 5.69 Å². The Kier molecular flexibility index (Phi) is 4.80. The van der Waals surface area contributed by atoms with Gasteiger partial charge in [-0.25, -0.2) is 13.8 Å². The van der Waals surface area contributed by atoms with Crippen LogP contribution in [-0.2, 0) is 19.3 Å². The van der Waals surface area contributed by atoms with Crippen LogP contribution in [0.4, 0.5) is 22.0 Å². The highest BCUT2D eigenvalue weighted by atomic mass is 19.4. The topological polar surface area (TPSA) is 29.9 Å². The Bertz CT molecular complexity index is 616. The normalized spacial score (nSPS) is 12.1. The second-order valence-electron chi connectivity index (χ2n) is 4.72. The molecule has 2 aromatic rings. The largest absolute Gasteiger partial charge is 0.434 e. The second kappa shape index (κ2) is 6.43. The number of hydrogen-bond donors (Lipinski definition) is 1. The van der Waals surface area contributed by atoms with Crippen molar-refractivity contribution in [3.8, 4) is 11.4 Å². The van der Waals surface area contributed by atoms with Crippen molar-refractivity contribution in [2.45, 2.75) is 25.7 Å². The summed E-state index contributed by atoms with van der Waals surface area (Å²) in [5.74, 6) is -0.122. The van der Waals surface area contributed by atoms with Gasteiger partial charge in [0, 0.05) is 18.3 Å². The minimum atomic E-state index is -4.67. The van der Waals surface area contributed by atoms with E-state index in [1.165, 1.54) is 0 Å². The third-order valence-corrected chi connectivity index (χ3v) is 2.99. The van der Waals surface area contributed by atoms with Gasteiger partial charge in [-0.2, -0.15) is 13.2 Å². The summed E-state index contributed by atoms with van der Waals surface area (Å²) in [5, 5.41) is 2.94. The third-order valence-electron chi connectivity index (χ3n) is 2.99. The van der Waals surface area contributed by atoms with Crippen molar-refractivity contribution in [2.75, 3.05) is 7.05 Å². The number of alkyl halides is 5. The smallest absolute Gasteiger partial charge is 0.325 e. The summed E-state index contributed by atoms with van der Waals surface area (Å²) in [4.78, 5) is 3.47. The van der Waals surface area contributed by atoms with Crippen LogP contribution in [0.5, 0.6) is 0 Å². The van der Waals surface area contributed by atoms with Gasteiger partial charge in [-0.3, -0.25) is 0 Å². The number of halogens is 5. The van der Waals surface area contributed by atoms with Gasteiger partial charge in [-0.05, 0) is 12.6 Å². The fourth-order valence-electron chi connectivity index (χ4n) is 2.05. The van der Waals surface area contributed by atoms with Crippen LogP contribution < -0.4 is 5.32 Å². The van der Waals surface area contributed by atoms with E-state index in [1.54, 1.807) is 31.3 Å². The fraction of sp³-hybridized carbons (Fsp3) is 0.357. The first kappa shape index (κ1) is 16.4. The standard InChI is InChI=1S/C14H14F5N3/c1-20-6-9-2-4-10(5-3-9)13-21-11(14(17,18)19)7-22(13)8-12(15)16/h2-5,7,12,20H,6,8H2,1H3. The molecule has 0 amide bonds. The van der Waals surface area contributed by atoms with Gasteiger partial charge in [0.05, 0.1) is 6.54 Å². The van der Waals surface area contributed by atoms with Crippen LogP contribution in [0, 0.1) is 0 Å². The molecule has 0 spiro atoms. The molecule has 0 fully saturated rings. The van der Waals surface area contributed by atoms with Gasteiger partial charge in [-0.1, -0.05) is 24.3 Å². The molecule has 22 heavy (non-hydrogen) atoms. The van der Waals surface area contributed by atoms with E-state index >= 15 is 0 Å². The van der Waals surface area contributed by atoms with Crippen LogP contribution in [0.15, 0.2) is 30.5 Å². The minimum absolute atomic E-state index is 0.122. The number of hydrogen-bond acceptors (Lipinski definition) is 2. The Labute approximate surface area is 123 Å². The average Bonchev–Trinajstić information content (AvgIpc) is 2.83. The number of aromatic nitrogens is 2. The molecule has 0 atom stereocenters. The molecule has 0 saturated carbocycles. The van der Waals surface area contributed by atoms with Gasteiger partial charge in [0.25, 0.3) is 6.43 Å². The lowest BCUT2D eigenvalue weighted by molar-refractivity contribution is -0.140. The van der Waals surface area contributed by atoms with E-state index in [0.29, 0.717) is 18.3 Å². The van der Waals surface area contributed by atoms with Crippen molar-refractivity contribution in [2.24, 2.45) is 0 Å². The Morgan fingerprint density at radius 1 is 1.18 bits per heavy atom. The second-order valence-corrected chi connectivity index (χ2v) is 4.72. The highest BCUT2D eigenvalue weighted by molar-refractivity contribution is 5.56. The lowest BCUT2D eigenvalue weighted by Crippen LogP contribution is -2.08. The fourth-order valence-corrected chi connectivity index (χ4v) is 2.05. The zero-order chi connectivity index (χ0) is 16.3. The Balaban J connectivity index is 2.41. The summed E-state index contributed by atoms with van der Waals surface area (Å²) in [7, 11) is 1.76. The zero-order valence-electron chi connectivity index (χ0n) is 11.7. The monoisotopic (exact) mass is 319 g/mol. The predicted octanol–water partition coefficient (Wildman–Crippen LogP) is 3.55. The molecule has 0 saturated heterocycles. The van der Waals surface area contributed by atoms with Gasteiger partial charge in [0.1, 0.15) is 5.82 Å². The number of benzene rings is 1. The maximum Gasteiger partial charge on any atom is 0.434 e. The molecule has 0 aliphatic heterocycles. The predicted molar refractivity (Wildman–Crippen MR) is 71.4 cm³/mol. The SMILES string of the molecule is CNCc1ccc(-c2nc(C(F)(F)F)cn2CC(F)F)cc1. The van der Waals surface area contributed by atoms with Crippen LogP contribution in [0.1, 0.15) is 11.3 Å². The van der Waals surface area contributed by atoms with Crippen molar-refractivity contribution >= 4 is 0 Å². The van der Waals surface area contributed by atoms with Crippen molar-refractivity contribution < 1.29 is 22.0 Å². The van der Waals surface area contributed by atoms with Crippen LogP contribution in [-0.4, -0.2) is 23.0 Å². The van der Waals surface area contributed by atoms with E-state index in [0.717, 1.165) is 10.1 Å². The zero-order valence-corrected chi connectivity index (χ0v) is 11.7. The summed E-state index contributed by atoms with van der Waals surface area (Å²) in [5.41, 5.74) is 0.104. The average molecular weight is 319 g/mol. The molecule has 0 aliphatic carbocycles. The van der Waals surface area contributed by atoms with E-state index in [2.05, 4.69) is 10.3 Å². The third kappa shape index (κ3) is 3.82. The molecular formula is C14H14F5N3. The number of rotatable bonds is 5. The first-order valence-corrected chi connectivity index (χ1v) is 6.47. The summed E-state index contributed by atoms with van der Waals surface area (Å²) < 4.78 is 64.1. The van der Waals surface area contributed by atoms with Crippen LogP contribution in [0.3, 0.4) is 0 Å². The van der Waals surface area contributed by atoms with Crippen molar-refractivity contribution in [1.82, 2.24) is 14.9 Å². The number of imidazole rings is 1. The van der Waals surface area contributed by atoms with E-state index in [4.69, 9.17) is 0 Å². The minimum Gasteiger partial charge on any atom is -0.325 e. The Hall–Kier alpha value is -1.96. The highest BCUT2D eigenvalue weighted by Crippen LogP contribution is 2.31. The Morgan fingerprint density at radius 2 is 1.82 bits per heavy atom. The molecule has 0 bridgehead atoms. The molecule has 0 unspecified atom stereocenters. The molecule has 1 aromatic carbocycles. The van der Waals surface area contributed by atoms with Crippen LogP contribution in [0.25, 0.3) is 11.4 Å². The van der Waals surface area contributed by atoms with Crippen LogP contribution in [0.2, 0.25) is 0 Å². The molecule has 1 heterocycles. The first-order chi connectivity index (χ1) is 10.3. The van der Waals surface area contributed by atoms with E-state index < -0.39 is 24.8 Å².